The van der Waals surface area contributed by atoms with Gasteiger partial charge >= 0.3 is 0 Å². The largest absolute Gasteiger partial charge is 0.374 e. The molecule has 0 aliphatic carbocycles. The molecule has 0 bridgehead atoms. The van der Waals surface area contributed by atoms with E-state index in [2.05, 4.69) is 5.32 Å². The Balaban J connectivity index is 2.21. The lowest BCUT2D eigenvalue weighted by atomic mass is 10.1. The van der Waals surface area contributed by atoms with Crippen molar-refractivity contribution in [1.82, 2.24) is 0 Å². The lowest BCUT2D eigenvalue weighted by Gasteiger charge is -2.15. The van der Waals surface area contributed by atoms with Crippen molar-refractivity contribution in [2.24, 2.45) is 0 Å². The summed E-state index contributed by atoms with van der Waals surface area (Å²) in [7, 11) is 0. The van der Waals surface area contributed by atoms with Crippen molar-refractivity contribution in [1.29, 1.82) is 0 Å². The summed E-state index contributed by atoms with van der Waals surface area (Å²) in [5, 5.41) is 13.6. The number of benzene rings is 1. The maximum Gasteiger partial charge on any atom is 0.295 e. The molecule has 7 heteroatoms. The molecule has 0 saturated heterocycles. The summed E-state index contributed by atoms with van der Waals surface area (Å²) in [5.74, 6) is -2.33. The molecule has 112 valence electrons. The van der Waals surface area contributed by atoms with E-state index in [0.717, 1.165) is 21.9 Å². The van der Waals surface area contributed by atoms with Crippen molar-refractivity contribution in [2.45, 2.75) is 26.3 Å². The fourth-order valence-corrected chi connectivity index (χ4v) is 3.04. The van der Waals surface area contributed by atoms with E-state index in [-0.39, 0.29) is 6.04 Å². The van der Waals surface area contributed by atoms with Crippen LogP contribution >= 0.6 is 11.3 Å². The Hall–Kier alpha value is -2.02. The van der Waals surface area contributed by atoms with E-state index in [1.807, 2.05) is 19.1 Å². The van der Waals surface area contributed by atoms with Gasteiger partial charge in [-0.05, 0) is 32.0 Å². The van der Waals surface area contributed by atoms with E-state index in [0.29, 0.717) is 6.42 Å². The van der Waals surface area contributed by atoms with Crippen molar-refractivity contribution >= 4 is 22.7 Å². The average Bonchev–Trinajstić information content (AvgIpc) is 2.80. The number of nitro groups is 1. The summed E-state index contributed by atoms with van der Waals surface area (Å²) in [6.45, 7) is 3.74. The molecule has 1 aromatic heterocycles. The molecular weight excluding hydrogens is 298 g/mol. The zero-order valence-electron chi connectivity index (χ0n) is 11.5. The van der Waals surface area contributed by atoms with Crippen LogP contribution in [-0.2, 0) is 6.42 Å². The SMILES string of the molecule is Cc1ccc(CC(C)Nc2c([N+](=O)[O-])ccc(F)c2F)s1. The van der Waals surface area contributed by atoms with Crippen LogP contribution in [0.3, 0.4) is 0 Å². The Kier molecular flexibility index (Phi) is 4.52. The fourth-order valence-electron chi connectivity index (χ4n) is 2.02. The fraction of sp³-hybridized carbons (Fsp3) is 0.286. The zero-order valence-corrected chi connectivity index (χ0v) is 12.3. The van der Waals surface area contributed by atoms with E-state index >= 15 is 0 Å². The van der Waals surface area contributed by atoms with Gasteiger partial charge in [0.2, 0.25) is 0 Å². The zero-order chi connectivity index (χ0) is 15.6. The van der Waals surface area contributed by atoms with Gasteiger partial charge in [0.05, 0.1) is 4.92 Å². The van der Waals surface area contributed by atoms with E-state index in [1.165, 1.54) is 0 Å². The lowest BCUT2D eigenvalue weighted by Crippen LogP contribution is -2.19. The highest BCUT2D eigenvalue weighted by molar-refractivity contribution is 7.11. The molecule has 1 heterocycles. The highest BCUT2D eigenvalue weighted by Crippen LogP contribution is 2.30. The molecule has 0 radical (unpaired) electrons. The van der Waals surface area contributed by atoms with Crippen molar-refractivity contribution < 1.29 is 13.7 Å². The molecule has 0 aliphatic heterocycles. The number of hydrogen-bond acceptors (Lipinski definition) is 4. The normalized spacial score (nSPS) is 12.2. The summed E-state index contributed by atoms with van der Waals surface area (Å²) in [5.41, 5.74) is -0.871. The Labute approximate surface area is 124 Å². The van der Waals surface area contributed by atoms with Crippen LogP contribution in [-0.4, -0.2) is 11.0 Å². The van der Waals surface area contributed by atoms with Gasteiger partial charge in [-0.1, -0.05) is 0 Å². The van der Waals surface area contributed by atoms with Crippen LogP contribution in [0.1, 0.15) is 16.7 Å². The summed E-state index contributed by atoms with van der Waals surface area (Å²) in [6.07, 6.45) is 0.575. The van der Waals surface area contributed by atoms with Crippen LogP contribution in [0.2, 0.25) is 0 Å². The summed E-state index contributed by atoms with van der Waals surface area (Å²) < 4.78 is 27.1. The van der Waals surface area contributed by atoms with Crippen LogP contribution < -0.4 is 5.32 Å². The van der Waals surface area contributed by atoms with Gasteiger partial charge in [0, 0.05) is 28.3 Å². The van der Waals surface area contributed by atoms with Gasteiger partial charge in [-0.25, -0.2) is 8.78 Å². The van der Waals surface area contributed by atoms with Gasteiger partial charge in [-0.3, -0.25) is 10.1 Å². The van der Waals surface area contributed by atoms with Gasteiger partial charge in [-0.15, -0.1) is 11.3 Å². The number of nitrogens with zero attached hydrogens (tertiary/aromatic N) is 1. The maximum atomic E-state index is 13.8. The monoisotopic (exact) mass is 312 g/mol. The molecule has 0 aliphatic rings. The second-order valence-electron chi connectivity index (χ2n) is 4.77. The second kappa shape index (κ2) is 6.17. The Morgan fingerprint density at radius 2 is 2.05 bits per heavy atom. The van der Waals surface area contributed by atoms with Crippen LogP contribution in [0.15, 0.2) is 24.3 Å². The number of hydrogen-bond donors (Lipinski definition) is 1. The molecule has 0 amide bonds. The first-order chi connectivity index (χ1) is 9.88. The molecule has 0 saturated carbocycles. The minimum atomic E-state index is -1.22. The number of anilines is 1. The van der Waals surface area contributed by atoms with Crippen LogP contribution in [0.25, 0.3) is 0 Å². The Morgan fingerprint density at radius 1 is 1.33 bits per heavy atom. The first-order valence-electron chi connectivity index (χ1n) is 6.32. The Morgan fingerprint density at radius 3 is 2.62 bits per heavy atom. The van der Waals surface area contributed by atoms with E-state index < -0.39 is 27.9 Å². The van der Waals surface area contributed by atoms with Gasteiger partial charge in [0.15, 0.2) is 17.3 Å². The molecule has 21 heavy (non-hydrogen) atoms. The third kappa shape index (κ3) is 3.55. The number of rotatable bonds is 5. The van der Waals surface area contributed by atoms with E-state index in [1.54, 1.807) is 18.3 Å². The lowest BCUT2D eigenvalue weighted by molar-refractivity contribution is -0.384. The summed E-state index contributed by atoms with van der Waals surface area (Å²) in [6, 6.07) is 5.37. The molecule has 1 aromatic carbocycles. The highest BCUT2D eigenvalue weighted by Gasteiger charge is 2.23. The first-order valence-corrected chi connectivity index (χ1v) is 7.14. The Bertz CT molecular complexity index is 673. The van der Waals surface area contributed by atoms with Crippen molar-refractivity contribution in [3.8, 4) is 0 Å². The first kappa shape index (κ1) is 15.4. The molecule has 4 nitrogen and oxygen atoms in total. The van der Waals surface area contributed by atoms with E-state index in [4.69, 9.17) is 0 Å². The predicted octanol–water partition coefficient (Wildman–Crippen LogP) is 4.29. The standard InChI is InChI=1S/C14H14F2N2O2S/c1-8(7-10-4-3-9(2)21-10)17-14-12(18(19)20)6-5-11(15)13(14)16/h3-6,8,17H,7H2,1-2H3. The molecule has 2 aromatic rings. The number of nitro benzene ring substituents is 1. The second-order valence-corrected chi connectivity index (χ2v) is 6.15. The van der Waals surface area contributed by atoms with Crippen LogP contribution in [0, 0.1) is 28.7 Å². The topological polar surface area (TPSA) is 55.2 Å². The van der Waals surface area contributed by atoms with Crippen molar-refractivity contribution in [2.75, 3.05) is 5.32 Å². The third-order valence-corrected chi connectivity index (χ3v) is 3.99. The quantitative estimate of drug-likeness (QED) is 0.662. The predicted molar refractivity (Wildman–Crippen MR) is 78.9 cm³/mol. The van der Waals surface area contributed by atoms with Gasteiger partial charge < -0.3 is 5.32 Å². The number of thiophene rings is 1. The van der Waals surface area contributed by atoms with Crippen molar-refractivity contribution in [3.05, 3.63) is 55.8 Å². The molecule has 1 unspecified atom stereocenters. The number of halogens is 2. The van der Waals surface area contributed by atoms with Crippen molar-refractivity contribution in [3.63, 3.8) is 0 Å². The van der Waals surface area contributed by atoms with Crippen LogP contribution in [0.5, 0.6) is 0 Å². The smallest absolute Gasteiger partial charge is 0.295 e. The third-order valence-electron chi connectivity index (χ3n) is 2.96. The van der Waals surface area contributed by atoms with E-state index in [9.17, 15) is 18.9 Å². The molecule has 2 rings (SSSR count). The molecule has 0 fully saturated rings. The molecular formula is C14H14F2N2O2S. The van der Waals surface area contributed by atoms with Gasteiger partial charge in [0.1, 0.15) is 0 Å². The summed E-state index contributed by atoms with van der Waals surface area (Å²) >= 11 is 1.60. The minimum absolute atomic E-state index is 0.266. The van der Waals surface area contributed by atoms with Gasteiger partial charge in [-0.2, -0.15) is 0 Å². The highest BCUT2D eigenvalue weighted by atomic mass is 32.1. The number of aryl methyl sites for hydroxylation is 1. The maximum absolute atomic E-state index is 13.8. The minimum Gasteiger partial charge on any atom is -0.374 e. The summed E-state index contributed by atoms with van der Waals surface area (Å²) in [4.78, 5) is 12.4. The van der Waals surface area contributed by atoms with Crippen LogP contribution in [0.4, 0.5) is 20.2 Å². The average molecular weight is 312 g/mol. The molecule has 1 atom stereocenters. The molecule has 1 N–H and O–H groups in total. The number of nitrogens with one attached hydrogen (secondary N) is 1. The molecule has 0 spiro atoms. The van der Waals surface area contributed by atoms with Gasteiger partial charge in [0.25, 0.3) is 5.69 Å².